The average Bonchev–Trinajstić information content (AvgIpc) is 2.50. The van der Waals surface area contributed by atoms with Crippen LogP contribution in [0.15, 0.2) is 36.8 Å². The first kappa shape index (κ1) is 11.5. The van der Waals surface area contributed by atoms with Gasteiger partial charge in [-0.05, 0) is 20.8 Å². The van der Waals surface area contributed by atoms with Crippen molar-refractivity contribution in [2.24, 2.45) is 7.05 Å². The summed E-state index contributed by atoms with van der Waals surface area (Å²) in [5.74, 6) is 0. The van der Waals surface area contributed by atoms with Crippen molar-refractivity contribution < 1.29 is 0 Å². The van der Waals surface area contributed by atoms with Gasteiger partial charge in [0, 0.05) is 13.2 Å². The number of aromatic nitrogens is 2. The van der Waals surface area contributed by atoms with Crippen LogP contribution in [-0.4, -0.2) is 9.55 Å². The summed E-state index contributed by atoms with van der Waals surface area (Å²) in [6, 6.07) is 8.45. The lowest BCUT2D eigenvalue weighted by Crippen LogP contribution is -1.76. The van der Waals surface area contributed by atoms with E-state index in [1.165, 1.54) is 11.1 Å². The number of nitrogens with zero attached hydrogens (tertiary/aromatic N) is 2. The van der Waals surface area contributed by atoms with Crippen LogP contribution in [0.3, 0.4) is 0 Å². The van der Waals surface area contributed by atoms with Crippen LogP contribution in [0.1, 0.15) is 16.8 Å². The van der Waals surface area contributed by atoms with Crippen LogP contribution in [0.5, 0.6) is 0 Å². The lowest BCUT2D eigenvalue weighted by atomic mass is 10.2. The Bertz CT molecular complexity index is 382. The highest BCUT2D eigenvalue weighted by Gasteiger charge is 1.82. The molecule has 1 aromatic carbocycles. The predicted molar refractivity (Wildman–Crippen MR) is 63.9 cm³/mol. The van der Waals surface area contributed by atoms with Crippen molar-refractivity contribution in [2.45, 2.75) is 20.8 Å². The number of imidazole rings is 1. The van der Waals surface area contributed by atoms with Gasteiger partial charge in [-0.15, -0.1) is 0 Å². The van der Waals surface area contributed by atoms with Crippen LogP contribution in [-0.2, 0) is 7.05 Å². The molecule has 2 rings (SSSR count). The largest absolute Gasteiger partial charge is 0.340 e. The summed E-state index contributed by atoms with van der Waals surface area (Å²) in [5.41, 5.74) is 3.75. The molecule has 2 heteroatoms. The second-order valence-electron chi connectivity index (χ2n) is 3.84. The van der Waals surface area contributed by atoms with E-state index >= 15 is 0 Å². The minimum Gasteiger partial charge on any atom is -0.340 e. The number of benzene rings is 1. The van der Waals surface area contributed by atoms with Gasteiger partial charge in [-0.2, -0.15) is 0 Å². The lowest BCUT2D eigenvalue weighted by molar-refractivity contribution is 0.913. The molecule has 0 aliphatic carbocycles. The Labute approximate surface area is 91.6 Å². The second-order valence-corrected chi connectivity index (χ2v) is 3.84. The SMILES string of the molecule is Cc1cccc(C)c1.Cc1cn(C)cn1. The Balaban J connectivity index is 0.000000151. The van der Waals surface area contributed by atoms with E-state index in [1.807, 2.05) is 24.7 Å². The maximum absolute atomic E-state index is 3.98. The first-order chi connectivity index (χ1) is 7.08. The van der Waals surface area contributed by atoms with Crippen LogP contribution in [0, 0.1) is 20.8 Å². The third kappa shape index (κ3) is 4.45. The van der Waals surface area contributed by atoms with E-state index in [4.69, 9.17) is 0 Å². The number of hydrogen-bond donors (Lipinski definition) is 0. The maximum atomic E-state index is 3.98. The lowest BCUT2D eigenvalue weighted by Gasteiger charge is -1.90. The van der Waals surface area contributed by atoms with Crippen molar-refractivity contribution in [1.82, 2.24) is 9.55 Å². The minimum atomic E-state index is 1.07. The molecule has 0 radical (unpaired) electrons. The van der Waals surface area contributed by atoms with Gasteiger partial charge in [-0.1, -0.05) is 35.4 Å². The molecule has 0 N–H and O–H groups in total. The molecular weight excluding hydrogens is 184 g/mol. The molecule has 0 atom stereocenters. The molecule has 0 amide bonds. The molecule has 0 fully saturated rings. The predicted octanol–water partition coefficient (Wildman–Crippen LogP) is 3.03. The van der Waals surface area contributed by atoms with E-state index in [9.17, 15) is 0 Å². The van der Waals surface area contributed by atoms with Gasteiger partial charge in [0.25, 0.3) is 0 Å². The smallest absolute Gasteiger partial charge is 0.0946 e. The molecule has 0 spiro atoms. The summed E-state index contributed by atoms with van der Waals surface area (Å²) < 4.78 is 1.93. The molecule has 15 heavy (non-hydrogen) atoms. The zero-order valence-electron chi connectivity index (χ0n) is 9.86. The second kappa shape index (κ2) is 5.35. The molecule has 2 aromatic rings. The summed E-state index contributed by atoms with van der Waals surface area (Å²) in [6.07, 6.45) is 3.76. The van der Waals surface area contributed by atoms with Gasteiger partial charge >= 0.3 is 0 Å². The normalized spacial score (nSPS) is 9.33. The molecule has 1 aromatic heterocycles. The van der Waals surface area contributed by atoms with E-state index < -0.39 is 0 Å². The molecule has 1 heterocycles. The highest BCUT2D eigenvalue weighted by Crippen LogP contribution is 2.00. The highest BCUT2D eigenvalue weighted by molar-refractivity contribution is 5.20. The van der Waals surface area contributed by atoms with Crippen molar-refractivity contribution in [3.8, 4) is 0 Å². The van der Waals surface area contributed by atoms with Crippen molar-refractivity contribution in [1.29, 1.82) is 0 Å². The molecule has 2 nitrogen and oxygen atoms in total. The quantitative estimate of drug-likeness (QED) is 0.642. The fraction of sp³-hybridized carbons (Fsp3) is 0.308. The number of hydrogen-bond acceptors (Lipinski definition) is 1. The first-order valence-corrected chi connectivity index (χ1v) is 5.06. The summed E-state index contributed by atoms with van der Waals surface area (Å²) in [5, 5.41) is 0. The Morgan fingerprint density at radius 3 is 1.87 bits per heavy atom. The number of rotatable bonds is 0. The third-order valence-corrected chi connectivity index (χ3v) is 2.01. The van der Waals surface area contributed by atoms with Crippen molar-refractivity contribution in [3.05, 3.63) is 53.6 Å². The standard InChI is InChI=1S/C8H10.C5H8N2/c1-7-4-3-5-8(2)6-7;1-5-3-7(2)4-6-5/h3-6H,1-2H3;3-4H,1-2H3. The zero-order valence-corrected chi connectivity index (χ0v) is 9.86. The van der Waals surface area contributed by atoms with Crippen molar-refractivity contribution in [2.75, 3.05) is 0 Å². The molecule has 0 bridgehead atoms. The molecule has 0 unspecified atom stereocenters. The Morgan fingerprint density at radius 2 is 1.67 bits per heavy atom. The van der Waals surface area contributed by atoms with E-state index in [1.54, 1.807) is 6.33 Å². The Morgan fingerprint density at radius 1 is 1.07 bits per heavy atom. The van der Waals surface area contributed by atoms with E-state index in [-0.39, 0.29) is 0 Å². The van der Waals surface area contributed by atoms with Gasteiger partial charge in [0.15, 0.2) is 0 Å². The zero-order chi connectivity index (χ0) is 11.3. The summed E-state index contributed by atoms with van der Waals surface area (Å²) in [6.45, 7) is 6.18. The van der Waals surface area contributed by atoms with Gasteiger partial charge in [0.2, 0.25) is 0 Å². The van der Waals surface area contributed by atoms with Gasteiger partial charge in [0.05, 0.1) is 12.0 Å². The summed E-state index contributed by atoms with van der Waals surface area (Å²) in [4.78, 5) is 3.98. The van der Waals surface area contributed by atoms with Crippen LogP contribution in [0.25, 0.3) is 0 Å². The Kier molecular flexibility index (Phi) is 4.10. The monoisotopic (exact) mass is 202 g/mol. The summed E-state index contributed by atoms with van der Waals surface area (Å²) in [7, 11) is 1.96. The van der Waals surface area contributed by atoms with E-state index in [0.29, 0.717) is 0 Å². The van der Waals surface area contributed by atoms with E-state index in [0.717, 1.165) is 5.69 Å². The molecule has 0 aliphatic rings. The molecular formula is C13H18N2. The fourth-order valence-corrected chi connectivity index (χ4v) is 1.35. The van der Waals surface area contributed by atoms with Crippen LogP contribution in [0.2, 0.25) is 0 Å². The van der Waals surface area contributed by atoms with Gasteiger partial charge in [-0.3, -0.25) is 0 Å². The van der Waals surface area contributed by atoms with E-state index in [2.05, 4.69) is 43.1 Å². The van der Waals surface area contributed by atoms with Crippen LogP contribution in [0.4, 0.5) is 0 Å². The Hall–Kier alpha value is -1.57. The topological polar surface area (TPSA) is 17.8 Å². The van der Waals surface area contributed by atoms with Crippen LogP contribution >= 0.6 is 0 Å². The molecule has 0 saturated heterocycles. The highest BCUT2D eigenvalue weighted by atomic mass is 15.0. The minimum absolute atomic E-state index is 1.07. The summed E-state index contributed by atoms with van der Waals surface area (Å²) >= 11 is 0. The van der Waals surface area contributed by atoms with Gasteiger partial charge < -0.3 is 4.57 Å². The fourth-order valence-electron chi connectivity index (χ4n) is 1.35. The van der Waals surface area contributed by atoms with Gasteiger partial charge in [-0.25, -0.2) is 4.98 Å². The van der Waals surface area contributed by atoms with Crippen molar-refractivity contribution >= 4 is 0 Å². The molecule has 80 valence electrons. The number of aryl methyl sites for hydroxylation is 4. The maximum Gasteiger partial charge on any atom is 0.0946 e. The molecule has 0 saturated carbocycles. The third-order valence-electron chi connectivity index (χ3n) is 2.01. The molecule has 0 aliphatic heterocycles. The van der Waals surface area contributed by atoms with Gasteiger partial charge in [0.1, 0.15) is 0 Å². The van der Waals surface area contributed by atoms with Crippen molar-refractivity contribution in [3.63, 3.8) is 0 Å². The van der Waals surface area contributed by atoms with Crippen LogP contribution < -0.4 is 0 Å². The first-order valence-electron chi connectivity index (χ1n) is 5.06. The average molecular weight is 202 g/mol.